The summed E-state index contributed by atoms with van der Waals surface area (Å²) in [5.41, 5.74) is 8.82. The van der Waals surface area contributed by atoms with Gasteiger partial charge < -0.3 is 19.9 Å². The summed E-state index contributed by atoms with van der Waals surface area (Å²) in [5.74, 6) is -1.31. The van der Waals surface area contributed by atoms with Crippen molar-refractivity contribution in [1.82, 2.24) is 24.5 Å². The Morgan fingerprint density at radius 1 is 1.12 bits per heavy atom. The highest BCUT2D eigenvalue weighted by molar-refractivity contribution is 5.74. The number of hydrogen-bond donors (Lipinski definition) is 1. The van der Waals surface area contributed by atoms with Gasteiger partial charge >= 0.3 is 0 Å². The Morgan fingerprint density at radius 2 is 1.91 bits per heavy atom. The minimum absolute atomic E-state index is 0.362. The normalized spacial score (nSPS) is 29.9. The lowest BCUT2D eigenvalue weighted by Gasteiger charge is -2.24. The van der Waals surface area contributed by atoms with Crippen LogP contribution < -0.4 is 5.73 Å². The third-order valence-electron chi connectivity index (χ3n) is 6.86. The highest BCUT2D eigenvalue weighted by atomic mass is 19.1. The van der Waals surface area contributed by atoms with Gasteiger partial charge in [-0.1, -0.05) is 25.0 Å². The molecule has 3 aliphatic rings. The molecule has 1 aliphatic carbocycles. The predicted octanol–water partition coefficient (Wildman–Crippen LogP) is 3.22. The second kappa shape index (κ2) is 7.88. The molecule has 1 saturated carbocycles. The third kappa shape index (κ3) is 3.61. The first-order chi connectivity index (χ1) is 16.3. The van der Waals surface area contributed by atoms with Crippen LogP contribution in [0.2, 0.25) is 0 Å². The molecule has 9 nitrogen and oxygen atoms in total. The Hall–Kier alpha value is -2.79. The maximum Gasteiger partial charge on any atom is 0.213 e. The van der Waals surface area contributed by atoms with E-state index in [1.165, 1.54) is 12.4 Å². The van der Waals surface area contributed by atoms with E-state index >= 15 is 0 Å². The molecule has 3 fully saturated rings. The van der Waals surface area contributed by atoms with Crippen molar-refractivity contribution in [2.75, 3.05) is 0 Å². The fourth-order valence-corrected chi connectivity index (χ4v) is 5.34. The molecule has 0 amide bonds. The van der Waals surface area contributed by atoms with Crippen LogP contribution in [0.1, 0.15) is 57.1 Å². The maximum absolute atomic E-state index is 13.5. The van der Waals surface area contributed by atoms with Gasteiger partial charge in [-0.3, -0.25) is 4.57 Å². The first-order valence-corrected chi connectivity index (χ1v) is 11.6. The second-order valence-corrected chi connectivity index (χ2v) is 9.71. The average Bonchev–Trinajstić information content (AvgIpc) is 3.55. The van der Waals surface area contributed by atoms with Crippen molar-refractivity contribution < 1.29 is 18.6 Å². The van der Waals surface area contributed by atoms with Crippen LogP contribution in [-0.4, -0.2) is 48.6 Å². The predicted molar refractivity (Wildman–Crippen MR) is 121 cm³/mol. The summed E-state index contributed by atoms with van der Waals surface area (Å²) in [5, 5.41) is 0. The van der Waals surface area contributed by atoms with Crippen molar-refractivity contribution >= 4 is 17.2 Å². The summed E-state index contributed by atoms with van der Waals surface area (Å²) in [6, 6.07) is 4.65. The Morgan fingerprint density at radius 3 is 2.71 bits per heavy atom. The van der Waals surface area contributed by atoms with Gasteiger partial charge in [0, 0.05) is 0 Å². The molecule has 5 heterocycles. The summed E-state index contributed by atoms with van der Waals surface area (Å²) >= 11 is 0. The van der Waals surface area contributed by atoms with Crippen LogP contribution in [0.5, 0.6) is 0 Å². The summed E-state index contributed by atoms with van der Waals surface area (Å²) in [6.45, 7) is 3.75. The van der Waals surface area contributed by atoms with Gasteiger partial charge in [-0.05, 0) is 44.9 Å². The van der Waals surface area contributed by atoms with Crippen LogP contribution in [0, 0.1) is 5.95 Å². The Bertz CT molecular complexity index is 1250. The number of nitrogens with zero attached hydrogens (tertiary/aromatic N) is 5. The van der Waals surface area contributed by atoms with Gasteiger partial charge in [0.25, 0.3) is 0 Å². The molecule has 0 spiro atoms. The van der Waals surface area contributed by atoms with E-state index in [4.69, 9.17) is 19.9 Å². The molecule has 3 aromatic heterocycles. The highest BCUT2D eigenvalue weighted by Crippen LogP contribution is 2.45. The van der Waals surface area contributed by atoms with E-state index < -0.39 is 29.6 Å². The minimum Gasteiger partial charge on any atom is -0.345 e. The molecular weight excluding hydrogens is 439 g/mol. The molecule has 2 saturated heterocycles. The zero-order valence-corrected chi connectivity index (χ0v) is 19.1. The maximum atomic E-state index is 13.5. The Kier molecular flexibility index (Phi) is 5.03. The van der Waals surface area contributed by atoms with Gasteiger partial charge in [0.2, 0.25) is 5.95 Å². The molecule has 6 rings (SSSR count). The number of nitrogens with two attached hydrogens (primary N) is 1. The van der Waals surface area contributed by atoms with Gasteiger partial charge in [0.15, 0.2) is 17.7 Å². The van der Waals surface area contributed by atoms with E-state index in [2.05, 4.69) is 19.9 Å². The van der Waals surface area contributed by atoms with E-state index in [1.807, 2.05) is 24.5 Å². The van der Waals surface area contributed by atoms with Crippen molar-refractivity contribution in [3.05, 3.63) is 54.3 Å². The first kappa shape index (κ1) is 21.7. The second-order valence-electron chi connectivity index (χ2n) is 9.71. The largest absolute Gasteiger partial charge is 0.345 e. The van der Waals surface area contributed by atoms with E-state index in [0.717, 1.165) is 31.4 Å². The van der Waals surface area contributed by atoms with Crippen LogP contribution in [-0.2, 0) is 19.7 Å². The molecule has 3 aromatic rings. The van der Waals surface area contributed by atoms with E-state index in [0.29, 0.717) is 16.9 Å². The molecule has 0 bridgehead atoms. The molecule has 4 atom stereocenters. The molecule has 178 valence electrons. The lowest BCUT2D eigenvalue weighted by atomic mass is 9.94. The van der Waals surface area contributed by atoms with Crippen LogP contribution in [0.3, 0.4) is 0 Å². The number of fused-ring (bicyclic) bond motifs is 2. The number of ether oxygens (including phenoxy) is 3. The highest BCUT2D eigenvalue weighted by Gasteiger charge is 2.55. The number of imidazole rings is 1. The summed E-state index contributed by atoms with van der Waals surface area (Å²) < 4.78 is 34.2. The molecule has 34 heavy (non-hydrogen) atoms. The van der Waals surface area contributed by atoms with Crippen molar-refractivity contribution in [2.45, 2.75) is 75.4 Å². The fraction of sp³-hybridized carbons (Fsp3) is 0.500. The minimum atomic E-state index is -0.776. The standard InChI is InChI=1S/C24H27FN6O3/c1-23(2)33-18-15(9-8-14-6-5-7-16(25)30-14)32-22(19(18)34-23)31-13-29-17-20(27-12-28-21(17)31)24(26)10-3-4-11-24/h5-9,12-13,15,18-19,22H,3-4,10-11,26H2,1-2H3/t15-,18-,19-,22-/m1/s1. The van der Waals surface area contributed by atoms with Crippen molar-refractivity contribution in [2.24, 2.45) is 5.73 Å². The Balaban J connectivity index is 1.35. The molecule has 0 radical (unpaired) electrons. The van der Waals surface area contributed by atoms with Gasteiger partial charge in [0.1, 0.15) is 30.2 Å². The number of aromatic nitrogens is 5. The lowest BCUT2D eigenvalue weighted by Crippen LogP contribution is -2.34. The fourth-order valence-electron chi connectivity index (χ4n) is 5.34. The van der Waals surface area contributed by atoms with Gasteiger partial charge in [-0.25, -0.2) is 19.9 Å². The number of pyridine rings is 1. The van der Waals surface area contributed by atoms with Crippen LogP contribution in [0.25, 0.3) is 17.2 Å². The van der Waals surface area contributed by atoms with Crippen molar-refractivity contribution in [1.29, 1.82) is 0 Å². The SMILES string of the molecule is CC1(C)O[C@@H]2[C@H](O1)[C@@H](C=Cc1cccc(F)n1)O[C@H]2n1cnc2c(C3(N)CCCC3)ncnc21. The smallest absolute Gasteiger partial charge is 0.213 e. The summed E-state index contributed by atoms with van der Waals surface area (Å²) in [7, 11) is 0. The van der Waals surface area contributed by atoms with Crippen LogP contribution >= 0.6 is 0 Å². The molecule has 0 unspecified atom stereocenters. The lowest BCUT2D eigenvalue weighted by molar-refractivity contribution is -0.191. The number of hydrogen-bond acceptors (Lipinski definition) is 8. The van der Waals surface area contributed by atoms with Crippen LogP contribution in [0.4, 0.5) is 4.39 Å². The van der Waals surface area contributed by atoms with Crippen LogP contribution in [0.15, 0.2) is 36.9 Å². The monoisotopic (exact) mass is 466 g/mol. The molecule has 2 aliphatic heterocycles. The quantitative estimate of drug-likeness (QED) is 0.584. The van der Waals surface area contributed by atoms with Gasteiger partial charge in [-0.2, -0.15) is 4.39 Å². The van der Waals surface area contributed by atoms with E-state index in [-0.39, 0.29) is 12.2 Å². The van der Waals surface area contributed by atoms with Gasteiger partial charge in [-0.15, -0.1) is 0 Å². The molecule has 0 aromatic carbocycles. The zero-order chi connectivity index (χ0) is 23.5. The average molecular weight is 467 g/mol. The number of halogens is 1. The van der Waals surface area contributed by atoms with Gasteiger partial charge in [0.05, 0.1) is 23.3 Å². The number of rotatable bonds is 4. The summed E-state index contributed by atoms with van der Waals surface area (Å²) in [4.78, 5) is 17.6. The third-order valence-corrected chi connectivity index (χ3v) is 6.86. The first-order valence-electron chi connectivity index (χ1n) is 11.6. The summed E-state index contributed by atoms with van der Waals surface area (Å²) in [6.07, 6.45) is 9.01. The van der Waals surface area contributed by atoms with Crippen molar-refractivity contribution in [3.8, 4) is 0 Å². The van der Waals surface area contributed by atoms with Crippen molar-refractivity contribution in [3.63, 3.8) is 0 Å². The topological polar surface area (TPSA) is 110 Å². The molecule has 2 N–H and O–H groups in total. The molecule has 10 heteroatoms. The van der Waals surface area contributed by atoms with E-state index in [9.17, 15) is 4.39 Å². The zero-order valence-electron chi connectivity index (χ0n) is 19.1. The van der Waals surface area contributed by atoms with E-state index in [1.54, 1.807) is 24.5 Å². The Labute approximate surface area is 196 Å². The molecular formula is C24H27FN6O3.